The van der Waals surface area contributed by atoms with Crippen molar-refractivity contribution in [1.29, 1.82) is 0 Å². The Morgan fingerprint density at radius 2 is 1.80 bits per heavy atom. The standard InChI is InChI=1S/C22H34N4O3S/c1-3-5-6-26-18(24-25-21(26)30-14-19(27)29-4-2)13-23-20(28)22-10-15-7-16(11-22)9-17(8-15)12-22/h15-17H,3-14H2,1-2H3,(H,23,28). The van der Waals surface area contributed by atoms with Crippen molar-refractivity contribution in [3.8, 4) is 0 Å². The van der Waals surface area contributed by atoms with Crippen LogP contribution in [0, 0.1) is 23.2 Å². The first-order valence-electron chi connectivity index (χ1n) is 11.5. The molecule has 30 heavy (non-hydrogen) atoms. The largest absolute Gasteiger partial charge is 0.465 e. The zero-order valence-electron chi connectivity index (χ0n) is 18.2. The van der Waals surface area contributed by atoms with Crippen molar-refractivity contribution in [2.24, 2.45) is 23.2 Å². The molecule has 0 radical (unpaired) electrons. The molecule has 0 unspecified atom stereocenters. The van der Waals surface area contributed by atoms with Crippen LogP contribution in [0.2, 0.25) is 0 Å². The molecule has 1 aromatic rings. The highest BCUT2D eigenvalue weighted by Crippen LogP contribution is 2.60. The molecule has 0 spiro atoms. The molecule has 7 nitrogen and oxygen atoms in total. The third-order valence-electron chi connectivity index (χ3n) is 7.08. The van der Waals surface area contributed by atoms with Crippen LogP contribution in [0.3, 0.4) is 0 Å². The van der Waals surface area contributed by atoms with Crippen LogP contribution >= 0.6 is 11.8 Å². The van der Waals surface area contributed by atoms with Crippen molar-refractivity contribution in [2.45, 2.75) is 83.5 Å². The van der Waals surface area contributed by atoms with Crippen LogP contribution in [0.5, 0.6) is 0 Å². The molecule has 1 aromatic heterocycles. The molecule has 4 saturated carbocycles. The van der Waals surface area contributed by atoms with E-state index >= 15 is 0 Å². The van der Waals surface area contributed by atoms with Gasteiger partial charge in [-0.1, -0.05) is 25.1 Å². The quantitative estimate of drug-likeness (QED) is 0.448. The summed E-state index contributed by atoms with van der Waals surface area (Å²) in [5.41, 5.74) is -0.148. The molecule has 8 heteroatoms. The summed E-state index contributed by atoms with van der Waals surface area (Å²) in [5.74, 6) is 3.21. The van der Waals surface area contributed by atoms with Gasteiger partial charge in [-0.15, -0.1) is 10.2 Å². The number of carbonyl (C=O) groups is 2. The first-order valence-corrected chi connectivity index (χ1v) is 12.5. The first-order chi connectivity index (χ1) is 14.5. The van der Waals surface area contributed by atoms with Crippen molar-refractivity contribution in [1.82, 2.24) is 20.1 Å². The molecule has 166 valence electrons. The number of esters is 1. The lowest BCUT2D eigenvalue weighted by molar-refractivity contribution is -0.146. The maximum atomic E-state index is 13.3. The summed E-state index contributed by atoms with van der Waals surface area (Å²) in [6.07, 6.45) is 9.24. The van der Waals surface area contributed by atoms with E-state index in [1.807, 2.05) is 4.57 Å². The van der Waals surface area contributed by atoms with Crippen molar-refractivity contribution in [3.63, 3.8) is 0 Å². The summed E-state index contributed by atoms with van der Waals surface area (Å²) in [4.78, 5) is 25.0. The van der Waals surface area contributed by atoms with Gasteiger partial charge in [0.2, 0.25) is 5.91 Å². The van der Waals surface area contributed by atoms with Crippen molar-refractivity contribution in [2.75, 3.05) is 12.4 Å². The number of rotatable bonds is 10. The number of thioether (sulfide) groups is 1. The number of amides is 1. The van der Waals surface area contributed by atoms with Crippen LogP contribution in [0.4, 0.5) is 0 Å². The third-order valence-corrected chi connectivity index (χ3v) is 8.02. The van der Waals surface area contributed by atoms with E-state index in [0.717, 1.165) is 67.4 Å². The minimum absolute atomic E-state index is 0.148. The van der Waals surface area contributed by atoms with Gasteiger partial charge in [0.25, 0.3) is 0 Å². The van der Waals surface area contributed by atoms with Gasteiger partial charge >= 0.3 is 5.97 Å². The Labute approximate surface area is 183 Å². The van der Waals surface area contributed by atoms with Gasteiger partial charge in [-0.2, -0.15) is 0 Å². The van der Waals surface area contributed by atoms with E-state index in [9.17, 15) is 9.59 Å². The highest BCUT2D eigenvalue weighted by Gasteiger charge is 2.54. The molecule has 0 saturated heterocycles. The fourth-order valence-electron chi connectivity index (χ4n) is 6.16. The highest BCUT2D eigenvalue weighted by atomic mass is 32.2. The molecular weight excluding hydrogens is 400 g/mol. The topological polar surface area (TPSA) is 86.1 Å². The average molecular weight is 435 g/mol. The Balaban J connectivity index is 1.40. The predicted octanol–water partition coefficient (Wildman–Crippen LogP) is 3.57. The van der Waals surface area contributed by atoms with Gasteiger partial charge in [0.05, 0.1) is 18.9 Å². The van der Waals surface area contributed by atoms with Crippen LogP contribution in [0.25, 0.3) is 0 Å². The number of ether oxygens (including phenoxy) is 1. The second-order valence-electron chi connectivity index (χ2n) is 9.38. The van der Waals surface area contributed by atoms with Crippen LogP contribution in [-0.4, -0.2) is 39.0 Å². The van der Waals surface area contributed by atoms with Gasteiger partial charge in [-0.3, -0.25) is 9.59 Å². The predicted molar refractivity (Wildman–Crippen MR) is 115 cm³/mol. The Bertz CT molecular complexity index is 743. The van der Waals surface area contributed by atoms with Gasteiger partial charge in [0.1, 0.15) is 0 Å². The molecule has 1 amide bonds. The minimum Gasteiger partial charge on any atom is -0.465 e. The van der Waals surface area contributed by atoms with Gasteiger partial charge < -0.3 is 14.6 Å². The van der Waals surface area contributed by atoms with Crippen LogP contribution in [-0.2, 0) is 27.4 Å². The summed E-state index contributed by atoms with van der Waals surface area (Å²) in [6.45, 7) is 5.51. The normalized spacial score (nSPS) is 29.2. The maximum absolute atomic E-state index is 13.3. The lowest BCUT2D eigenvalue weighted by atomic mass is 9.49. The van der Waals surface area contributed by atoms with Gasteiger partial charge in [-0.25, -0.2) is 0 Å². The molecule has 4 bridgehead atoms. The Morgan fingerprint density at radius 1 is 1.13 bits per heavy atom. The number of hydrogen-bond acceptors (Lipinski definition) is 6. The van der Waals surface area contributed by atoms with Crippen LogP contribution in [0.1, 0.15) is 71.0 Å². The lowest BCUT2D eigenvalue weighted by Crippen LogP contribution is -2.53. The smallest absolute Gasteiger partial charge is 0.316 e. The van der Waals surface area contributed by atoms with Gasteiger partial charge in [0, 0.05) is 12.0 Å². The summed E-state index contributed by atoms with van der Waals surface area (Å²) in [7, 11) is 0. The summed E-state index contributed by atoms with van der Waals surface area (Å²) < 4.78 is 7.06. The van der Waals surface area contributed by atoms with Gasteiger partial charge in [-0.05, 0) is 69.6 Å². The number of nitrogens with zero attached hydrogens (tertiary/aromatic N) is 3. The van der Waals surface area contributed by atoms with Crippen molar-refractivity contribution in [3.05, 3.63) is 5.82 Å². The van der Waals surface area contributed by atoms with Crippen LogP contribution < -0.4 is 5.32 Å². The Kier molecular flexibility index (Phi) is 6.70. The van der Waals surface area contributed by atoms with E-state index in [-0.39, 0.29) is 23.0 Å². The minimum atomic E-state index is -0.246. The molecule has 1 N–H and O–H groups in total. The fraction of sp³-hybridized carbons (Fsp3) is 0.818. The number of carbonyl (C=O) groups excluding carboxylic acids is 2. The number of nitrogens with one attached hydrogen (secondary N) is 1. The average Bonchev–Trinajstić information content (AvgIpc) is 3.09. The SMILES string of the molecule is CCCCn1c(CNC(=O)C23CC4CC(CC(C4)C2)C3)nnc1SCC(=O)OCC. The summed E-state index contributed by atoms with van der Waals surface area (Å²) in [6, 6.07) is 0. The van der Waals surface area contributed by atoms with E-state index < -0.39 is 0 Å². The fourth-order valence-corrected chi connectivity index (χ4v) is 6.94. The van der Waals surface area contributed by atoms with Gasteiger partial charge in [0.15, 0.2) is 11.0 Å². The molecular formula is C22H34N4O3S. The lowest BCUT2D eigenvalue weighted by Gasteiger charge is -2.55. The van der Waals surface area contributed by atoms with E-state index in [1.165, 1.54) is 31.0 Å². The molecule has 0 aromatic carbocycles. The molecule has 4 fully saturated rings. The van der Waals surface area contributed by atoms with E-state index in [0.29, 0.717) is 13.2 Å². The van der Waals surface area contributed by atoms with Crippen molar-refractivity contribution < 1.29 is 14.3 Å². The first kappa shape index (κ1) is 21.7. The third kappa shape index (κ3) is 4.53. The van der Waals surface area contributed by atoms with Crippen molar-refractivity contribution >= 4 is 23.6 Å². The molecule has 4 aliphatic rings. The number of aromatic nitrogens is 3. The highest BCUT2D eigenvalue weighted by molar-refractivity contribution is 7.99. The molecule has 0 atom stereocenters. The Morgan fingerprint density at radius 3 is 2.40 bits per heavy atom. The number of hydrogen-bond donors (Lipinski definition) is 1. The second-order valence-corrected chi connectivity index (χ2v) is 10.3. The number of unbranched alkanes of at least 4 members (excludes halogenated alkanes) is 1. The summed E-state index contributed by atoms with van der Waals surface area (Å²) in [5, 5.41) is 12.6. The zero-order chi connectivity index (χ0) is 21.1. The second kappa shape index (κ2) is 9.28. The summed E-state index contributed by atoms with van der Waals surface area (Å²) >= 11 is 1.35. The Hall–Kier alpha value is -1.57. The molecule has 0 aliphatic heterocycles. The molecule has 4 aliphatic carbocycles. The van der Waals surface area contributed by atoms with E-state index in [1.54, 1.807) is 6.92 Å². The molecule has 1 heterocycles. The van der Waals surface area contributed by atoms with E-state index in [4.69, 9.17) is 4.74 Å². The monoisotopic (exact) mass is 434 g/mol. The van der Waals surface area contributed by atoms with Crippen LogP contribution in [0.15, 0.2) is 5.16 Å². The maximum Gasteiger partial charge on any atom is 0.316 e. The zero-order valence-corrected chi connectivity index (χ0v) is 19.0. The van der Waals surface area contributed by atoms with E-state index in [2.05, 4.69) is 22.4 Å². The molecule has 5 rings (SSSR count).